The lowest BCUT2D eigenvalue weighted by molar-refractivity contribution is 0.107. The van der Waals surface area contributed by atoms with E-state index >= 15 is 0 Å². The lowest BCUT2D eigenvalue weighted by atomic mass is 10.1. The Hall–Kier alpha value is -2.63. The van der Waals surface area contributed by atoms with Gasteiger partial charge in [-0.1, -0.05) is 24.3 Å². The van der Waals surface area contributed by atoms with Crippen molar-refractivity contribution < 1.29 is 4.74 Å². The van der Waals surface area contributed by atoms with E-state index in [9.17, 15) is 0 Å². The van der Waals surface area contributed by atoms with Crippen LogP contribution in [-0.2, 0) is 6.54 Å². The number of hydrogen-bond donors (Lipinski definition) is 0. The summed E-state index contributed by atoms with van der Waals surface area (Å²) in [6.07, 6.45) is 3.13. The van der Waals surface area contributed by atoms with E-state index in [1.54, 1.807) is 7.11 Å². The number of rotatable bonds is 6. The predicted octanol–water partition coefficient (Wildman–Crippen LogP) is 4.77. The van der Waals surface area contributed by atoms with E-state index < -0.39 is 0 Å². The Balaban J connectivity index is 1.46. The predicted molar refractivity (Wildman–Crippen MR) is 129 cm³/mol. The largest absolute Gasteiger partial charge is 0.497 e. The third-order valence-electron chi connectivity index (χ3n) is 6.79. The van der Waals surface area contributed by atoms with Crippen LogP contribution >= 0.6 is 0 Å². The molecular weight excluding hydrogens is 384 g/mol. The lowest BCUT2D eigenvalue weighted by Crippen LogP contribution is -2.49. The average molecular weight is 417 g/mol. The van der Waals surface area contributed by atoms with Crippen molar-refractivity contribution in [3.8, 4) is 5.75 Å². The van der Waals surface area contributed by atoms with E-state index in [-0.39, 0.29) is 0 Å². The molecular formula is C26H32N4O. The molecule has 0 saturated carbocycles. The van der Waals surface area contributed by atoms with Crippen molar-refractivity contribution in [2.45, 2.75) is 32.9 Å². The minimum Gasteiger partial charge on any atom is -0.497 e. The molecule has 0 amide bonds. The molecule has 1 aliphatic rings. The van der Waals surface area contributed by atoms with Gasteiger partial charge >= 0.3 is 0 Å². The second kappa shape index (κ2) is 8.48. The lowest BCUT2D eigenvalue weighted by Gasteiger charge is -2.36. The number of piperazine rings is 1. The molecule has 0 bridgehead atoms. The van der Waals surface area contributed by atoms with Crippen LogP contribution in [0.15, 0.2) is 48.7 Å². The van der Waals surface area contributed by atoms with Gasteiger partial charge < -0.3 is 14.2 Å². The minimum absolute atomic E-state index is 0.650. The molecule has 2 aromatic heterocycles. The third kappa shape index (κ3) is 3.77. The highest BCUT2D eigenvalue weighted by Gasteiger charge is 2.19. The number of aryl methyl sites for hydroxylation is 1. The zero-order valence-electron chi connectivity index (χ0n) is 18.8. The summed E-state index contributed by atoms with van der Waals surface area (Å²) < 4.78 is 7.98. The van der Waals surface area contributed by atoms with Crippen LogP contribution in [0.25, 0.3) is 32.7 Å². The Kier molecular flexibility index (Phi) is 5.55. The number of benzene rings is 2. The molecule has 0 unspecified atom stereocenters. The van der Waals surface area contributed by atoms with Gasteiger partial charge in [-0.2, -0.15) is 0 Å². The summed E-state index contributed by atoms with van der Waals surface area (Å²) in [4.78, 5) is 10.1. The SMILES string of the molecule is COc1ccc2c(c1)c1ncc3ccccc3c1n2CCCN1CCN(C(C)C)CC1. The highest BCUT2D eigenvalue weighted by atomic mass is 16.5. The fourth-order valence-corrected chi connectivity index (χ4v) is 4.99. The summed E-state index contributed by atoms with van der Waals surface area (Å²) >= 11 is 0. The van der Waals surface area contributed by atoms with E-state index in [1.807, 2.05) is 6.20 Å². The number of methoxy groups -OCH3 is 1. The number of aromatic nitrogens is 2. The van der Waals surface area contributed by atoms with Gasteiger partial charge in [0.15, 0.2) is 0 Å². The monoisotopic (exact) mass is 416 g/mol. The zero-order chi connectivity index (χ0) is 21.4. The molecule has 0 spiro atoms. The van der Waals surface area contributed by atoms with Gasteiger partial charge in [-0.3, -0.25) is 9.88 Å². The summed E-state index contributed by atoms with van der Waals surface area (Å²) in [6, 6.07) is 15.6. The summed E-state index contributed by atoms with van der Waals surface area (Å²) in [5.41, 5.74) is 3.55. The number of fused-ring (bicyclic) bond motifs is 5. The molecule has 0 radical (unpaired) electrons. The Morgan fingerprint density at radius 2 is 1.77 bits per heavy atom. The molecule has 0 atom stereocenters. The van der Waals surface area contributed by atoms with Crippen LogP contribution in [0.1, 0.15) is 20.3 Å². The zero-order valence-corrected chi connectivity index (χ0v) is 18.8. The second-order valence-electron chi connectivity index (χ2n) is 8.90. The Bertz CT molecular complexity index is 1200. The van der Waals surface area contributed by atoms with E-state index in [1.165, 1.54) is 53.4 Å². The van der Waals surface area contributed by atoms with Crippen molar-refractivity contribution in [2.24, 2.45) is 0 Å². The third-order valence-corrected chi connectivity index (χ3v) is 6.79. The molecule has 5 heteroatoms. The first kappa shape index (κ1) is 20.3. The molecule has 5 rings (SSSR count). The molecule has 0 N–H and O–H groups in total. The van der Waals surface area contributed by atoms with Crippen LogP contribution < -0.4 is 4.74 Å². The number of pyridine rings is 1. The van der Waals surface area contributed by atoms with Gasteiger partial charge in [0.1, 0.15) is 5.75 Å². The molecule has 31 heavy (non-hydrogen) atoms. The van der Waals surface area contributed by atoms with Gasteiger partial charge in [-0.15, -0.1) is 0 Å². The maximum Gasteiger partial charge on any atom is 0.119 e. The van der Waals surface area contributed by atoms with Crippen LogP contribution in [0.5, 0.6) is 5.75 Å². The van der Waals surface area contributed by atoms with Gasteiger partial charge in [0.2, 0.25) is 0 Å². The topological polar surface area (TPSA) is 33.5 Å². The van der Waals surface area contributed by atoms with Crippen molar-refractivity contribution in [1.82, 2.24) is 19.4 Å². The van der Waals surface area contributed by atoms with Gasteiger partial charge in [0.05, 0.1) is 23.7 Å². The first-order valence-electron chi connectivity index (χ1n) is 11.5. The van der Waals surface area contributed by atoms with Gasteiger partial charge in [0, 0.05) is 61.1 Å². The molecule has 5 nitrogen and oxygen atoms in total. The molecule has 2 aromatic carbocycles. The van der Waals surface area contributed by atoms with Crippen LogP contribution in [-0.4, -0.2) is 65.2 Å². The fraction of sp³-hybridized carbons (Fsp3) is 0.423. The maximum atomic E-state index is 5.51. The van der Waals surface area contributed by atoms with Crippen molar-refractivity contribution in [3.05, 3.63) is 48.7 Å². The number of ether oxygens (including phenoxy) is 1. The van der Waals surface area contributed by atoms with E-state index in [4.69, 9.17) is 9.72 Å². The Labute approximate surface area is 184 Å². The average Bonchev–Trinajstić information content (AvgIpc) is 3.12. The van der Waals surface area contributed by atoms with Gasteiger partial charge in [-0.05, 0) is 45.0 Å². The standard InChI is InChI=1S/C26H32N4O/c1-19(2)29-15-13-28(14-16-29)11-6-12-30-24-10-9-21(31-3)17-23(24)25-26(30)22-8-5-4-7-20(22)18-27-25/h4-5,7-10,17-19H,6,11-16H2,1-3H3. The van der Waals surface area contributed by atoms with Gasteiger partial charge in [-0.25, -0.2) is 0 Å². The first-order valence-corrected chi connectivity index (χ1v) is 11.5. The summed E-state index contributed by atoms with van der Waals surface area (Å²) in [5, 5.41) is 3.63. The van der Waals surface area contributed by atoms with Crippen molar-refractivity contribution in [3.63, 3.8) is 0 Å². The summed E-state index contributed by atoms with van der Waals surface area (Å²) in [5.74, 6) is 0.879. The molecule has 4 aromatic rings. The smallest absolute Gasteiger partial charge is 0.119 e. The second-order valence-corrected chi connectivity index (χ2v) is 8.90. The van der Waals surface area contributed by atoms with Gasteiger partial charge in [0.25, 0.3) is 0 Å². The molecule has 1 aliphatic heterocycles. The van der Waals surface area contributed by atoms with Crippen LogP contribution in [0.4, 0.5) is 0 Å². The van der Waals surface area contributed by atoms with Crippen molar-refractivity contribution >= 4 is 32.7 Å². The van der Waals surface area contributed by atoms with E-state index in [2.05, 4.69) is 70.7 Å². The van der Waals surface area contributed by atoms with Crippen LogP contribution in [0.2, 0.25) is 0 Å². The number of hydrogen-bond acceptors (Lipinski definition) is 4. The van der Waals surface area contributed by atoms with E-state index in [0.717, 1.165) is 30.8 Å². The molecule has 162 valence electrons. The summed E-state index contributed by atoms with van der Waals surface area (Å²) in [7, 11) is 1.72. The Morgan fingerprint density at radius 1 is 0.968 bits per heavy atom. The van der Waals surface area contributed by atoms with Crippen molar-refractivity contribution in [1.29, 1.82) is 0 Å². The number of nitrogens with zero attached hydrogens (tertiary/aromatic N) is 4. The van der Waals surface area contributed by atoms with E-state index in [0.29, 0.717) is 6.04 Å². The quantitative estimate of drug-likeness (QED) is 0.453. The van der Waals surface area contributed by atoms with Crippen LogP contribution in [0.3, 0.4) is 0 Å². The highest BCUT2D eigenvalue weighted by Crippen LogP contribution is 2.34. The molecule has 3 heterocycles. The highest BCUT2D eigenvalue weighted by molar-refractivity contribution is 6.15. The normalized spacial score (nSPS) is 16.1. The van der Waals surface area contributed by atoms with Crippen LogP contribution in [0, 0.1) is 0 Å². The Morgan fingerprint density at radius 3 is 2.55 bits per heavy atom. The first-order chi connectivity index (χ1) is 15.2. The summed E-state index contributed by atoms with van der Waals surface area (Å²) in [6.45, 7) is 11.4. The maximum absolute atomic E-state index is 5.51. The fourth-order valence-electron chi connectivity index (χ4n) is 4.99. The van der Waals surface area contributed by atoms with Crippen molar-refractivity contribution in [2.75, 3.05) is 39.8 Å². The minimum atomic E-state index is 0.650. The molecule has 1 saturated heterocycles. The molecule has 1 fully saturated rings. The molecule has 0 aliphatic carbocycles.